The van der Waals surface area contributed by atoms with Crippen LogP contribution in [0.2, 0.25) is 5.15 Å². The van der Waals surface area contributed by atoms with Crippen molar-refractivity contribution in [3.05, 3.63) is 28.5 Å². The number of hydrogen-bond donors (Lipinski definition) is 1. The summed E-state index contributed by atoms with van der Waals surface area (Å²) in [5.74, 6) is -0.104. The van der Waals surface area contributed by atoms with Gasteiger partial charge in [-0.1, -0.05) is 11.6 Å². The molecule has 1 aromatic rings. The molecule has 0 aliphatic heterocycles. The van der Waals surface area contributed by atoms with Gasteiger partial charge in [0, 0.05) is 13.6 Å². The first-order valence-electron chi connectivity index (χ1n) is 5.48. The van der Waals surface area contributed by atoms with E-state index in [1.54, 1.807) is 37.9 Å². The number of rotatable bonds is 4. The smallest absolute Gasteiger partial charge is 0.255 e. The predicted molar refractivity (Wildman–Crippen MR) is 67.2 cm³/mol. The zero-order chi connectivity index (χ0) is 13.0. The number of amides is 1. The van der Waals surface area contributed by atoms with Gasteiger partial charge in [0.25, 0.3) is 5.91 Å². The van der Waals surface area contributed by atoms with Gasteiger partial charge in [0.05, 0.1) is 17.4 Å². The van der Waals surface area contributed by atoms with Crippen molar-refractivity contribution >= 4 is 17.5 Å². The Balaban J connectivity index is 2.75. The van der Waals surface area contributed by atoms with Crippen molar-refractivity contribution in [1.29, 1.82) is 0 Å². The van der Waals surface area contributed by atoms with Gasteiger partial charge in [0.15, 0.2) is 0 Å². The van der Waals surface area contributed by atoms with Crippen LogP contribution in [0.5, 0.6) is 0 Å². The van der Waals surface area contributed by atoms with Crippen molar-refractivity contribution in [2.45, 2.75) is 26.4 Å². The molecule has 0 aliphatic carbocycles. The van der Waals surface area contributed by atoms with Crippen LogP contribution in [0.4, 0.5) is 0 Å². The third-order valence-electron chi connectivity index (χ3n) is 2.51. The first kappa shape index (κ1) is 13.9. The number of carbonyl (C=O) groups is 1. The fourth-order valence-corrected chi connectivity index (χ4v) is 1.63. The van der Waals surface area contributed by atoms with Crippen molar-refractivity contribution in [2.24, 2.45) is 0 Å². The summed E-state index contributed by atoms with van der Waals surface area (Å²) >= 11 is 5.73. The standard InChI is InChI=1S/C12H17ClN2O2/c1-8(16)6-7-15(3)12(17)10-4-5-11(13)14-9(10)2/h4-5,8,16H,6-7H2,1-3H3. The van der Waals surface area contributed by atoms with E-state index in [1.807, 2.05) is 0 Å². The third-order valence-corrected chi connectivity index (χ3v) is 2.72. The maximum atomic E-state index is 12.1. The molecule has 0 saturated heterocycles. The van der Waals surface area contributed by atoms with Crippen LogP contribution in [-0.2, 0) is 0 Å². The van der Waals surface area contributed by atoms with E-state index in [0.29, 0.717) is 29.4 Å². The Morgan fingerprint density at radius 3 is 2.76 bits per heavy atom. The summed E-state index contributed by atoms with van der Waals surface area (Å²) in [5, 5.41) is 9.56. The van der Waals surface area contributed by atoms with E-state index in [0.717, 1.165) is 0 Å². The van der Waals surface area contributed by atoms with Crippen LogP contribution in [0.1, 0.15) is 29.4 Å². The zero-order valence-electron chi connectivity index (χ0n) is 10.3. The Labute approximate surface area is 106 Å². The molecule has 94 valence electrons. The molecule has 1 atom stereocenters. The van der Waals surface area contributed by atoms with Crippen molar-refractivity contribution in [1.82, 2.24) is 9.88 Å². The number of hydrogen-bond acceptors (Lipinski definition) is 3. The lowest BCUT2D eigenvalue weighted by molar-refractivity contribution is 0.0768. The molecule has 0 radical (unpaired) electrons. The van der Waals surface area contributed by atoms with Crippen LogP contribution in [0.25, 0.3) is 0 Å². The molecule has 0 spiro atoms. The van der Waals surface area contributed by atoms with Gasteiger partial charge in [0.2, 0.25) is 0 Å². The van der Waals surface area contributed by atoms with Crippen LogP contribution in [-0.4, -0.2) is 40.6 Å². The molecule has 0 bridgehead atoms. The number of nitrogens with zero attached hydrogens (tertiary/aromatic N) is 2. The number of pyridine rings is 1. The maximum absolute atomic E-state index is 12.1. The number of aliphatic hydroxyl groups is 1. The van der Waals surface area contributed by atoms with Gasteiger partial charge >= 0.3 is 0 Å². The van der Waals surface area contributed by atoms with Gasteiger partial charge in [-0.05, 0) is 32.4 Å². The Kier molecular flexibility index (Phi) is 4.90. The fourth-order valence-electron chi connectivity index (χ4n) is 1.44. The summed E-state index contributed by atoms with van der Waals surface area (Å²) in [7, 11) is 1.71. The Morgan fingerprint density at radius 2 is 2.24 bits per heavy atom. The van der Waals surface area contributed by atoms with Gasteiger partial charge in [-0.3, -0.25) is 4.79 Å². The molecule has 1 N–H and O–H groups in total. The highest BCUT2D eigenvalue weighted by Gasteiger charge is 2.15. The monoisotopic (exact) mass is 256 g/mol. The van der Waals surface area contributed by atoms with Crippen molar-refractivity contribution < 1.29 is 9.90 Å². The van der Waals surface area contributed by atoms with Crippen molar-refractivity contribution in [3.63, 3.8) is 0 Å². The van der Waals surface area contributed by atoms with E-state index >= 15 is 0 Å². The summed E-state index contributed by atoms with van der Waals surface area (Å²) in [6.45, 7) is 3.97. The summed E-state index contributed by atoms with van der Waals surface area (Å²) in [6.07, 6.45) is 0.150. The normalized spacial score (nSPS) is 12.3. The molecule has 5 heteroatoms. The molecule has 4 nitrogen and oxygen atoms in total. The number of aromatic nitrogens is 1. The van der Waals surface area contributed by atoms with E-state index in [2.05, 4.69) is 4.98 Å². The summed E-state index contributed by atoms with van der Waals surface area (Å²) < 4.78 is 0. The quantitative estimate of drug-likeness (QED) is 0.837. The minimum atomic E-state index is -0.408. The van der Waals surface area contributed by atoms with Gasteiger partial charge in [-0.2, -0.15) is 0 Å². The van der Waals surface area contributed by atoms with E-state index in [9.17, 15) is 9.90 Å². The molecule has 0 aliphatic rings. The van der Waals surface area contributed by atoms with Crippen molar-refractivity contribution in [2.75, 3.05) is 13.6 Å². The van der Waals surface area contributed by atoms with Gasteiger partial charge in [0.1, 0.15) is 5.15 Å². The Hall–Kier alpha value is -1.13. The SMILES string of the molecule is Cc1nc(Cl)ccc1C(=O)N(C)CCC(C)O. The summed E-state index contributed by atoms with van der Waals surface area (Å²) in [5.41, 5.74) is 1.16. The predicted octanol–water partition coefficient (Wildman–Crippen LogP) is 1.89. The highest BCUT2D eigenvalue weighted by molar-refractivity contribution is 6.29. The minimum Gasteiger partial charge on any atom is -0.393 e. The first-order chi connectivity index (χ1) is 7.91. The lowest BCUT2D eigenvalue weighted by Gasteiger charge is -2.18. The van der Waals surface area contributed by atoms with Crippen LogP contribution in [0.15, 0.2) is 12.1 Å². The maximum Gasteiger partial charge on any atom is 0.255 e. The summed E-state index contributed by atoms with van der Waals surface area (Å²) in [6, 6.07) is 3.27. The summed E-state index contributed by atoms with van der Waals surface area (Å²) in [4.78, 5) is 17.7. The largest absolute Gasteiger partial charge is 0.393 e. The van der Waals surface area contributed by atoms with Crippen LogP contribution in [0, 0.1) is 6.92 Å². The topological polar surface area (TPSA) is 53.4 Å². The second-order valence-corrected chi connectivity index (χ2v) is 4.52. The third kappa shape index (κ3) is 3.98. The van der Waals surface area contributed by atoms with Crippen LogP contribution >= 0.6 is 11.6 Å². The van der Waals surface area contributed by atoms with Gasteiger partial charge < -0.3 is 10.0 Å². The van der Waals surface area contributed by atoms with Crippen molar-refractivity contribution in [3.8, 4) is 0 Å². The second-order valence-electron chi connectivity index (χ2n) is 4.13. The van der Waals surface area contributed by atoms with Crippen LogP contribution < -0.4 is 0 Å². The first-order valence-corrected chi connectivity index (χ1v) is 5.86. The van der Waals surface area contributed by atoms with E-state index in [4.69, 9.17) is 11.6 Å². The number of carbonyl (C=O) groups excluding carboxylic acids is 1. The lowest BCUT2D eigenvalue weighted by atomic mass is 10.1. The Morgan fingerprint density at radius 1 is 1.59 bits per heavy atom. The van der Waals surface area contributed by atoms with Gasteiger partial charge in [-0.25, -0.2) is 4.98 Å². The molecule has 1 amide bonds. The molecular formula is C12H17ClN2O2. The average Bonchev–Trinajstić information content (AvgIpc) is 2.25. The highest BCUT2D eigenvalue weighted by atomic mass is 35.5. The molecule has 1 heterocycles. The molecular weight excluding hydrogens is 240 g/mol. The molecule has 1 unspecified atom stereocenters. The molecule has 0 aromatic carbocycles. The molecule has 1 aromatic heterocycles. The lowest BCUT2D eigenvalue weighted by Crippen LogP contribution is -2.30. The zero-order valence-corrected chi connectivity index (χ0v) is 11.0. The number of aliphatic hydroxyl groups excluding tert-OH is 1. The molecule has 0 saturated carbocycles. The number of aryl methyl sites for hydroxylation is 1. The Bertz CT molecular complexity index is 407. The number of halogens is 1. The average molecular weight is 257 g/mol. The highest BCUT2D eigenvalue weighted by Crippen LogP contribution is 2.12. The molecule has 0 fully saturated rings. The second kappa shape index (κ2) is 5.98. The van der Waals surface area contributed by atoms with Crippen LogP contribution in [0.3, 0.4) is 0 Å². The minimum absolute atomic E-state index is 0.104. The molecule has 17 heavy (non-hydrogen) atoms. The van der Waals surface area contributed by atoms with E-state index in [-0.39, 0.29) is 5.91 Å². The van der Waals surface area contributed by atoms with E-state index < -0.39 is 6.10 Å². The fraction of sp³-hybridized carbons (Fsp3) is 0.500. The molecule has 1 rings (SSSR count). The van der Waals surface area contributed by atoms with Gasteiger partial charge in [-0.15, -0.1) is 0 Å². The van der Waals surface area contributed by atoms with E-state index in [1.165, 1.54) is 0 Å².